The Bertz CT molecular complexity index is 1050. The third kappa shape index (κ3) is 2.24. The van der Waals surface area contributed by atoms with E-state index in [1.54, 1.807) is 60.3 Å². The lowest BCUT2D eigenvalue weighted by Gasteiger charge is -2.24. The summed E-state index contributed by atoms with van der Waals surface area (Å²) in [5.74, 6) is -5.97. The van der Waals surface area contributed by atoms with Gasteiger partial charge in [-0.1, -0.05) is 48.5 Å². The predicted molar refractivity (Wildman–Crippen MR) is 94.9 cm³/mol. The zero-order valence-electron chi connectivity index (χ0n) is 14.0. The van der Waals surface area contributed by atoms with Crippen molar-refractivity contribution in [1.29, 1.82) is 0 Å². The topological polar surface area (TPSA) is 73.2 Å². The molecule has 5 nitrogen and oxygen atoms in total. The van der Waals surface area contributed by atoms with Crippen molar-refractivity contribution in [1.82, 2.24) is 4.57 Å². The monoisotopic (exact) mass is 345 g/mol. The summed E-state index contributed by atoms with van der Waals surface area (Å²) >= 11 is 0. The highest BCUT2D eigenvalue weighted by Crippen LogP contribution is 2.35. The van der Waals surface area contributed by atoms with Crippen molar-refractivity contribution >= 4 is 34.0 Å². The average molecular weight is 345 g/mol. The number of para-hydroxylation sites is 1. The normalized spacial score (nSPS) is 20.8. The van der Waals surface area contributed by atoms with Crippen LogP contribution in [0.5, 0.6) is 0 Å². The van der Waals surface area contributed by atoms with Gasteiger partial charge >= 0.3 is 0 Å². The van der Waals surface area contributed by atoms with Crippen molar-refractivity contribution in [2.45, 2.75) is 11.8 Å². The van der Waals surface area contributed by atoms with Crippen molar-refractivity contribution in [2.24, 2.45) is 7.05 Å². The lowest BCUT2D eigenvalue weighted by molar-refractivity contribution is -0.151. The third-order valence-electron chi connectivity index (χ3n) is 4.91. The molecule has 3 aromatic rings. The van der Waals surface area contributed by atoms with Crippen LogP contribution in [0.25, 0.3) is 10.9 Å². The maximum atomic E-state index is 12.8. The Morgan fingerprint density at radius 1 is 0.692 bits per heavy atom. The highest BCUT2D eigenvalue weighted by Gasteiger charge is 2.50. The Morgan fingerprint density at radius 2 is 1.23 bits per heavy atom. The van der Waals surface area contributed by atoms with Gasteiger partial charge in [-0.05, 0) is 17.2 Å². The predicted octanol–water partition coefficient (Wildman–Crippen LogP) is 2.34. The van der Waals surface area contributed by atoms with Crippen LogP contribution < -0.4 is 0 Å². The Kier molecular flexibility index (Phi) is 3.65. The van der Waals surface area contributed by atoms with Gasteiger partial charge in [0.25, 0.3) is 0 Å². The van der Waals surface area contributed by atoms with Crippen molar-refractivity contribution in [3.63, 3.8) is 0 Å². The summed E-state index contributed by atoms with van der Waals surface area (Å²) in [5, 5.41) is 0.695. The van der Waals surface area contributed by atoms with E-state index in [0.717, 1.165) is 5.52 Å². The van der Waals surface area contributed by atoms with Gasteiger partial charge in [-0.15, -0.1) is 0 Å². The Morgan fingerprint density at radius 3 is 1.88 bits per heavy atom. The molecule has 0 amide bonds. The van der Waals surface area contributed by atoms with Crippen molar-refractivity contribution in [2.75, 3.05) is 0 Å². The van der Waals surface area contributed by atoms with Gasteiger partial charge in [0.05, 0.1) is 0 Å². The fourth-order valence-corrected chi connectivity index (χ4v) is 3.64. The number of hydrogen-bond acceptors (Lipinski definition) is 4. The molecule has 128 valence electrons. The largest absolute Gasteiger partial charge is 0.350 e. The van der Waals surface area contributed by atoms with Gasteiger partial charge in [0, 0.05) is 24.1 Å². The summed E-state index contributed by atoms with van der Waals surface area (Å²) in [6, 6.07) is 15.5. The second-order valence-corrected chi connectivity index (χ2v) is 6.45. The fourth-order valence-electron chi connectivity index (χ4n) is 3.64. The van der Waals surface area contributed by atoms with E-state index >= 15 is 0 Å². The van der Waals surface area contributed by atoms with Gasteiger partial charge in [0.15, 0.2) is 0 Å². The molecule has 0 spiro atoms. The van der Waals surface area contributed by atoms with Crippen molar-refractivity contribution < 1.29 is 19.2 Å². The van der Waals surface area contributed by atoms with E-state index in [9.17, 15) is 19.2 Å². The number of Topliss-reactive ketones (excluding diaryl/α,β-unsaturated/α-hetero) is 4. The first kappa shape index (κ1) is 16.1. The molecular formula is C21H15NO4. The van der Waals surface area contributed by atoms with E-state index < -0.39 is 35.0 Å². The summed E-state index contributed by atoms with van der Waals surface area (Å²) in [6.07, 6.45) is 1.65. The second-order valence-electron chi connectivity index (χ2n) is 6.45. The van der Waals surface area contributed by atoms with Gasteiger partial charge in [-0.2, -0.15) is 0 Å². The molecule has 0 bridgehead atoms. The van der Waals surface area contributed by atoms with Gasteiger partial charge in [-0.25, -0.2) is 0 Å². The van der Waals surface area contributed by atoms with Crippen LogP contribution in [0.15, 0.2) is 60.8 Å². The number of benzene rings is 2. The third-order valence-corrected chi connectivity index (χ3v) is 4.91. The first-order valence-electron chi connectivity index (χ1n) is 8.25. The summed E-state index contributed by atoms with van der Waals surface area (Å²) < 4.78 is 1.78. The van der Waals surface area contributed by atoms with Crippen LogP contribution in [-0.2, 0) is 26.2 Å². The SMILES string of the molecule is Cn1cc(C2C(=O)C(=O)C(c3ccccc3)C(=O)C2=O)c2ccccc21. The number of carbonyl (C=O) groups is 4. The highest BCUT2D eigenvalue weighted by atomic mass is 16.2. The van der Waals surface area contributed by atoms with E-state index in [1.807, 2.05) is 12.1 Å². The van der Waals surface area contributed by atoms with Gasteiger partial charge in [0.2, 0.25) is 23.1 Å². The quantitative estimate of drug-likeness (QED) is 0.528. The van der Waals surface area contributed by atoms with Crippen LogP contribution >= 0.6 is 0 Å². The van der Waals surface area contributed by atoms with Crippen LogP contribution in [0.2, 0.25) is 0 Å². The van der Waals surface area contributed by atoms with Gasteiger partial charge in [0.1, 0.15) is 11.8 Å². The maximum Gasteiger partial charge on any atom is 0.214 e. The van der Waals surface area contributed by atoms with Gasteiger partial charge < -0.3 is 4.57 Å². The second kappa shape index (κ2) is 5.88. The molecule has 26 heavy (non-hydrogen) atoms. The number of hydrogen-bond donors (Lipinski definition) is 0. The standard InChI is InChI=1S/C21H15NO4/c1-22-11-14(13-9-5-6-10-15(13)22)17-20(25)18(23)16(19(24)21(17)26)12-7-3-2-4-8-12/h2-11,16-17H,1H3. The first-order chi connectivity index (χ1) is 12.5. The Hall–Kier alpha value is -3.34. The molecule has 1 aliphatic carbocycles. The summed E-state index contributed by atoms with van der Waals surface area (Å²) in [7, 11) is 1.79. The van der Waals surface area contributed by atoms with E-state index in [0.29, 0.717) is 16.5 Å². The zero-order chi connectivity index (χ0) is 18.4. The number of aromatic nitrogens is 1. The van der Waals surface area contributed by atoms with Crippen LogP contribution in [0.1, 0.15) is 23.0 Å². The Labute approximate surface area is 149 Å². The minimum absolute atomic E-state index is 0.376. The summed E-state index contributed by atoms with van der Waals surface area (Å²) in [4.78, 5) is 50.9. The number of fused-ring (bicyclic) bond motifs is 1. The smallest absolute Gasteiger partial charge is 0.214 e. The summed E-state index contributed by atoms with van der Waals surface area (Å²) in [6.45, 7) is 0. The van der Waals surface area contributed by atoms with Crippen LogP contribution in [0.4, 0.5) is 0 Å². The maximum absolute atomic E-state index is 12.8. The van der Waals surface area contributed by atoms with Crippen LogP contribution in [0, 0.1) is 0 Å². The number of nitrogens with zero attached hydrogens (tertiary/aromatic N) is 1. The molecule has 5 heteroatoms. The number of carbonyl (C=O) groups excluding carboxylic acids is 4. The molecular weight excluding hydrogens is 330 g/mol. The number of ketones is 4. The van der Waals surface area contributed by atoms with Gasteiger partial charge in [-0.3, -0.25) is 19.2 Å². The molecule has 0 radical (unpaired) electrons. The summed E-state index contributed by atoms with van der Waals surface area (Å²) in [5.41, 5.74) is 1.61. The van der Waals surface area contributed by atoms with Crippen LogP contribution in [0.3, 0.4) is 0 Å². The molecule has 1 heterocycles. The molecule has 0 saturated heterocycles. The lowest BCUT2D eigenvalue weighted by Crippen LogP contribution is -2.46. The average Bonchev–Trinajstić information content (AvgIpc) is 2.98. The Balaban J connectivity index is 1.83. The van der Waals surface area contributed by atoms with Crippen molar-refractivity contribution in [3.8, 4) is 0 Å². The molecule has 0 unspecified atom stereocenters. The first-order valence-corrected chi connectivity index (χ1v) is 8.25. The lowest BCUT2D eigenvalue weighted by atomic mass is 9.72. The molecule has 0 atom stereocenters. The minimum Gasteiger partial charge on any atom is -0.350 e. The molecule has 1 saturated carbocycles. The van der Waals surface area contributed by atoms with E-state index in [-0.39, 0.29) is 0 Å². The van der Waals surface area contributed by atoms with E-state index in [4.69, 9.17) is 0 Å². The molecule has 4 rings (SSSR count). The molecule has 0 N–H and O–H groups in total. The number of rotatable bonds is 2. The van der Waals surface area contributed by atoms with Crippen molar-refractivity contribution in [3.05, 3.63) is 71.9 Å². The molecule has 1 aliphatic rings. The van der Waals surface area contributed by atoms with E-state index in [2.05, 4.69) is 0 Å². The fraction of sp³-hybridized carbons (Fsp3) is 0.143. The highest BCUT2D eigenvalue weighted by molar-refractivity contribution is 6.63. The van der Waals surface area contributed by atoms with E-state index in [1.165, 1.54) is 0 Å². The molecule has 0 aliphatic heterocycles. The molecule has 2 aromatic carbocycles. The molecule has 1 aromatic heterocycles. The van der Waals surface area contributed by atoms with Crippen LogP contribution in [-0.4, -0.2) is 27.7 Å². The molecule has 1 fully saturated rings. The minimum atomic E-state index is -1.36. The zero-order valence-corrected chi connectivity index (χ0v) is 14.0. The number of aryl methyl sites for hydroxylation is 1.